The van der Waals surface area contributed by atoms with Crippen LogP contribution in [0.15, 0.2) is 41.3 Å². The molecule has 20 heteroatoms. The minimum atomic E-state index is -4.96. The fourth-order valence-corrected chi connectivity index (χ4v) is 4.73. The van der Waals surface area contributed by atoms with Gasteiger partial charge in [-0.25, -0.2) is 9.97 Å². The molecule has 0 aromatic carbocycles. The lowest BCUT2D eigenvalue weighted by Gasteiger charge is -2.50. The summed E-state index contributed by atoms with van der Waals surface area (Å²) in [6.07, 6.45) is 6.96. The first kappa shape index (κ1) is 41.7. The zero-order valence-corrected chi connectivity index (χ0v) is 29.7. The first-order valence-electron chi connectivity index (χ1n) is 15.0. The Morgan fingerprint density at radius 3 is 2.46 bits per heavy atom. The number of nitrogen functional groups attached to an aromatic ring is 1. The summed E-state index contributed by atoms with van der Waals surface area (Å²) in [5, 5.41) is 16.0. The van der Waals surface area contributed by atoms with Gasteiger partial charge in [0, 0.05) is 31.4 Å². The first-order chi connectivity index (χ1) is 22.8. The third-order valence-electron chi connectivity index (χ3n) is 6.02. The summed E-state index contributed by atoms with van der Waals surface area (Å²) in [4.78, 5) is 42.6. The summed E-state index contributed by atoms with van der Waals surface area (Å²) in [6.45, 7) is 12.1. The van der Waals surface area contributed by atoms with Crippen LogP contribution >= 0.6 is 11.3 Å². The topological polar surface area (TPSA) is 252 Å². The number of amides is 2. The van der Waals surface area contributed by atoms with E-state index in [-0.39, 0.29) is 29.8 Å². The summed E-state index contributed by atoms with van der Waals surface area (Å²) in [5.74, 6) is -0.857. The number of β-lactam (4-membered cyclic amide) rings is 1. The molecule has 1 aliphatic rings. The third-order valence-corrected chi connectivity index (χ3v) is 7.03. The van der Waals surface area contributed by atoms with Crippen molar-refractivity contribution < 1.29 is 36.4 Å². The zero-order chi connectivity index (χ0) is 36.5. The number of nitrogens with two attached hydrogens (primary N) is 2. The Hall–Kier alpha value is -4.37. The van der Waals surface area contributed by atoms with Gasteiger partial charge in [-0.3, -0.25) is 24.5 Å². The minimum absolute atomic E-state index is 0.0226. The normalized spacial score (nSPS) is 15.3. The fourth-order valence-electron chi connectivity index (χ4n) is 3.72. The van der Waals surface area contributed by atoms with E-state index >= 15 is 0 Å². The molecule has 3 heterocycles. The predicted molar refractivity (Wildman–Crippen MR) is 184 cm³/mol. The van der Waals surface area contributed by atoms with Crippen LogP contribution in [0.4, 0.5) is 10.9 Å². The minimum Gasteiger partial charge on any atom is -0.488 e. The Bertz CT molecular complexity index is 1480. The van der Waals surface area contributed by atoms with Crippen molar-refractivity contribution in [3.8, 4) is 5.75 Å². The highest BCUT2D eigenvalue weighted by molar-refractivity contribution is 7.80. The largest absolute Gasteiger partial charge is 0.488 e. The van der Waals surface area contributed by atoms with E-state index in [9.17, 15) is 18.0 Å². The molecule has 48 heavy (non-hydrogen) atoms. The average molecular weight is 715 g/mol. The summed E-state index contributed by atoms with van der Waals surface area (Å²) in [6, 6.07) is 2.12. The predicted octanol–water partition coefficient (Wildman–Crippen LogP) is 1.98. The van der Waals surface area contributed by atoms with Crippen molar-refractivity contribution in [3.05, 3.63) is 41.8 Å². The van der Waals surface area contributed by atoms with Gasteiger partial charge in [0.05, 0.1) is 18.1 Å². The van der Waals surface area contributed by atoms with Crippen molar-refractivity contribution in [1.29, 1.82) is 5.41 Å². The number of anilines is 2. The van der Waals surface area contributed by atoms with Crippen molar-refractivity contribution >= 4 is 56.5 Å². The molecular weight excluding hydrogens is 669 g/mol. The highest BCUT2D eigenvalue weighted by Gasteiger charge is 2.58. The highest BCUT2D eigenvalue weighted by atomic mass is 32.3. The van der Waals surface area contributed by atoms with Gasteiger partial charge in [-0.2, -0.15) is 13.5 Å². The van der Waals surface area contributed by atoms with Gasteiger partial charge in [0.1, 0.15) is 29.9 Å². The van der Waals surface area contributed by atoms with Crippen molar-refractivity contribution in [3.63, 3.8) is 0 Å². The maximum atomic E-state index is 13.1. The van der Waals surface area contributed by atoms with Gasteiger partial charge in [-0.05, 0) is 38.9 Å². The van der Waals surface area contributed by atoms with Crippen LogP contribution in [0.25, 0.3) is 0 Å². The standard InChI is InChI=1S/C24H34N10O8S2.2C2H6/c1-24(2)20(22(36)34(24)42-44(37,38)39)30-21(35)19(17-14-43-23(27)29-17)31-41-12-11-40-16-5-6-18(28-13-16)33(15-26)10-9-32(3)8-4-7-25;2*1-2/h5-6,9-10,13-15,20,26H,4,7-8,11-12,25H2,1-3H3,(H2,27,29)(H,30,35)(H,37,38,39);2*1-2H3/b10-9-,26-15?,31-19-;;. The quantitative estimate of drug-likeness (QED) is 0.0392. The van der Waals surface area contributed by atoms with E-state index in [2.05, 4.69) is 24.7 Å². The number of nitrogens with zero attached hydrogens (tertiary/aromatic N) is 6. The van der Waals surface area contributed by atoms with E-state index in [1.54, 1.807) is 18.3 Å². The van der Waals surface area contributed by atoms with E-state index in [0.717, 1.165) is 30.6 Å². The van der Waals surface area contributed by atoms with Crippen LogP contribution in [0.3, 0.4) is 0 Å². The van der Waals surface area contributed by atoms with Crippen LogP contribution in [0.5, 0.6) is 5.75 Å². The number of rotatable bonds is 17. The van der Waals surface area contributed by atoms with Crippen molar-refractivity contribution in [2.45, 2.75) is 59.5 Å². The molecule has 2 aromatic rings. The molecule has 1 atom stereocenters. The molecule has 1 aliphatic heterocycles. The average Bonchev–Trinajstić information content (AvgIpc) is 3.50. The molecule has 0 saturated carbocycles. The molecule has 0 radical (unpaired) electrons. The molecular formula is C28H46N10O8S2. The maximum Gasteiger partial charge on any atom is 0.418 e. The molecule has 1 saturated heterocycles. The molecule has 268 valence electrons. The number of hydrogen-bond donors (Lipinski definition) is 5. The zero-order valence-electron chi connectivity index (χ0n) is 28.1. The molecule has 3 rings (SSSR count). The van der Waals surface area contributed by atoms with Crippen LogP contribution < -0.4 is 26.4 Å². The Labute approximate surface area is 285 Å². The van der Waals surface area contributed by atoms with Crippen LogP contribution in [-0.2, 0) is 29.1 Å². The molecule has 0 spiro atoms. The SMILES string of the molecule is CC.CC.CN(/C=C\N(C=N)c1ccc(OCCO/N=C(\C(=O)NC2C(=O)N(OS(=O)(=O)O)C2(C)C)c2csc(N)n2)cn1)CCCN. The molecule has 2 amide bonds. The second kappa shape index (κ2) is 20.1. The molecule has 2 aromatic heterocycles. The molecule has 1 fully saturated rings. The Morgan fingerprint density at radius 1 is 1.25 bits per heavy atom. The number of oxime groups is 1. The summed E-state index contributed by atoms with van der Waals surface area (Å²) in [5.41, 5.74) is 9.67. The number of hydroxylamine groups is 2. The van der Waals surface area contributed by atoms with E-state index in [0.29, 0.717) is 23.2 Å². The maximum absolute atomic E-state index is 13.1. The van der Waals surface area contributed by atoms with Crippen molar-refractivity contribution in [2.75, 3.05) is 44.0 Å². The lowest BCUT2D eigenvalue weighted by molar-refractivity contribution is -0.218. The first-order valence-corrected chi connectivity index (χ1v) is 17.2. The van der Waals surface area contributed by atoms with Crippen LogP contribution in [0, 0.1) is 5.41 Å². The number of ether oxygens (including phenoxy) is 1. The van der Waals surface area contributed by atoms with Gasteiger partial charge in [-0.1, -0.05) is 32.9 Å². The Balaban J connectivity index is 0.00000277. The number of thiazole rings is 1. The van der Waals surface area contributed by atoms with E-state index < -0.39 is 33.8 Å². The summed E-state index contributed by atoms with van der Waals surface area (Å²) in [7, 11) is -3.05. The molecule has 7 N–H and O–H groups in total. The van der Waals surface area contributed by atoms with Crippen molar-refractivity contribution in [2.24, 2.45) is 10.9 Å². The molecule has 1 unspecified atom stereocenters. The number of carbonyl (C=O) groups excluding carboxylic acids is 2. The van der Waals surface area contributed by atoms with Crippen molar-refractivity contribution in [1.82, 2.24) is 25.2 Å². The number of hydrogen-bond acceptors (Lipinski definition) is 15. The number of pyridine rings is 1. The Morgan fingerprint density at radius 2 is 1.94 bits per heavy atom. The molecule has 0 aliphatic carbocycles. The van der Waals surface area contributed by atoms with E-state index in [1.165, 1.54) is 30.3 Å². The van der Waals surface area contributed by atoms with E-state index in [4.69, 9.17) is 31.0 Å². The van der Waals surface area contributed by atoms with Gasteiger partial charge in [0.15, 0.2) is 17.5 Å². The van der Waals surface area contributed by atoms with Gasteiger partial charge in [-0.15, -0.1) is 15.6 Å². The van der Waals surface area contributed by atoms with Crippen LogP contribution in [0.2, 0.25) is 0 Å². The highest BCUT2D eigenvalue weighted by Crippen LogP contribution is 2.33. The second-order valence-electron chi connectivity index (χ2n) is 9.70. The Kier molecular flexibility index (Phi) is 17.4. The lowest BCUT2D eigenvalue weighted by atomic mass is 9.84. The fraction of sp³-hybridized carbons (Fsp3) is 0.500. The number of nitrogens with one attached hydrogen (secondary N) is 2. The second-order valence-corrected chi connectivity index (χ2v) is 11.6. The lowest BCUT2D eigenvalue weighted by Crippen LogP contribution is -2.76. The van der Waals surface area contributed by atoms with Crippen LogP contribution in [-0.4, -0.2) is 102 Å². The smallest absolute Gasteiger partial charge is 0.418 e. The van der Waals surface area contributed by atoms with Gasteiger partial charge in [0.2, 0.25) is 0 Å². The summed E-state index contributed by atoms with van der Waals surface area (Å²) < 4.78 is 40.9. The van der Waals surface area contributed by atoms with Gasteiger partial charge >= 0.3 is 10.4 Å². The summed E-state index contributed by atoms with van der Waals surface area (Å²) >= 11 is 1.05. The van der Waals surface area contributed by atoms with Crippen LogP contribution in [0.1, 0.15) is 53.7 Å². The molecule has 0 bridgehead atoms. The molecule has 18 nitrogen and oxygen atoms in total. The number of aromatic nitrogens is 2. The van der Waals surface area contributed by atoms with E-state index in [1.807, 2.05) is 45.8 Å². The van der Waals surface area contributed by atoms with Gasteiger partial charge in [0.25, 0.3) is 11.8 Å². The van der Waals surface area contributed by atoms with Gasteiger partial charge < -0.3 is 31.3 Å². The number of carbonyl (C=O) groups is 2. The third kappa shape index (κ3) is 12.3. The monoisotopic (exact) mass is 714 g/mol.